The molecule has 128 valence electrons. The van der Waals surface area contributed by atoms with Crippen LogP contribution in [0.3, 0.4) is 0 Å². The van der Waals surface area contributed by atoms with Gasteiger partial charge in [-0.1, -0.05) is 19.3 Å². The molecule has 1 aromatic rings. The lowest BCUT2D eigenvalue weighted by Crippen LogP contribution is -2.36. The van der Waals surface area contributed by atoms with E-state index in [0.717, 1.165) is 37.8 Å². The zero-order valence-corrected chi connectivity index (χ0v) is 14.0. The molecule has 0 spiro atoms. The molecular weight excluding hydrogens is 292 g/mol. The maximum Gasteiger partial charge on any atom is 0.248 e. The fourth-order valence-corrected chi connectivity index (χ4v) is 3.72. The molecule has 6 heteroatoms. The van der Waals surface area contributed by atoms with Crippen molar-refractivity contribution in [1.82, 2.24) is 20.0 Å². The van der Waals surface area contributed by atoms with Crippen LogP contribution in [0.1, 0.15) is 56.8 Å². The van der Waals surface area contributed by atoms with E-state index >= 15 is 0 Å². The molecule has 2 heterocycles. The molecule has 1 amide bonds. The summed E-state index contributed by atoms with van der Waals surface area (Å²) in [7, 11) is 0. The molecule has 1 aliphatic heterocycles. The van der Waals surface area contributed by atoms with Crippen LogP contribution in [-0.4, -0.2) is 44.4 Å². The van der Waals surface area contributed by atoms with Crippen molar-refractivity contribution in [2.45, 2.75) is 77.2 Å². The minimum Gasteiger partial charge on any atom is -0.384 e. The van der Waals surface area contributed by atoms with Crippen LogP contribution in [0.5, 0.6) is 0 Å². The number of hydrogen-bond acceptors (Lipinski definition) is 4. The number of nitrogens with one attached hydrogen (secondary N) is 1. The molecule has 1 atom stereocenters. The average Bonchev–Trinajstić information content (AvgIpc) is 2.83. The summed E-state index contributed by atoms with van der Waals surface area (Å²) in [6.45, 7) is 4.92. The fraction of sp³-hybridized carbons (Fsp3) is 0.765. The van der Waals surface area contributed by atoms with Gasteiger partial charge in [-0.15, -0.1) is 0 Å². The first-order chi connectivity index (χ1) is 11.1. The van der Waals surface area contributed by atoms with E-state index in [9.17, 15) is 9.90 Å². The van der Waals surface area contributed by atoms with Crippen LogP contribution in [0.2, 0.25) is 0 Å². The normalized spacial score (nSPS) is 21.5. The maximum absolute atomic E-state index is 11.5. The minimum atomic E-state index is -0.975. The molecule has 6 nitrogen and oxygen atoms in total. The molecule has 1 aliphatic carbocycles. The first-order valence-corrected chi connectivity index (χ1v) is 8.89. The van der Waals surface area contributed by atoms with E-state index in [2.05, 4.69) is 26.1 Å². The van der Waals surface area contributed by atoms with Crippen LogP contribution in [0, 0.1) is 0 Å². The Balaban J connectivity index is 1.63. The van der Waals surface area contributed by atoms with E-state index in [1.807, 2.05) is 0 Å². The van der Waals surface area contributed by atoms with Gasteiger partial charge in [0.15, 0.2) is 0 Å². The number of carbonyl (C=O) groups is 1. The monoisotopic (exact) mass is 320 g/mol. The number of nitrogens with zero attached hydrogens (tertiary/aromatic N) is 3. The van der Waals surface area contributed by atoms with Crippen molar-refractivity contribution in [3.63, 3.8) is 0 Å². The molecule has 1 aromatic heterocycles. The number of aliphatic hydroxyl groups is 1. The lowest BCUT2D eigenvalue weighted by atomic mass is 9.94. The largest absolute Gasteiger partial charge is 0.384 e. The highest BCUT2D eigenvalue weighted by Gasteiger charge is 2.24. The number of carbonyl (C=O) groups excluding carboxylic acids is 1. The topological polar surface area (TPSA) is 70.4 Å². The van der Waals surface area contributed by atoms with Gasteiger partial charge >= 0.3 is 0 Å². The molecule has 0 radical (unpaired) electrons. The van der Waals surface area contributed by atoms with Gasteiger partial charge in [-0.05, 0) is 32.3 Å². The van der Waals surface area contributed by atoms with E-state index in [-0.39, 0.29) is 5.91 Å². The van der Waals surface area contributed by atoms with Crippen molar-refractivity contribution in [3.05, 3.63) is 17.5 Å². The van der Waals surface area contributed by atoms with E-state index in [0.29, 0.717) is 6.54 Å². The van der Waals surface area contributed by atoms with Crippen molar-refractivity contribution in [2.24, 2.45) is 0 Å². The Kier molecular flexibility index (Phi) is 5.33. The van der Waals surface area contributed by atoms with Crippen LogP contribution in [0.25, 0.3) is 0 Å². The Morgan fingerprint density at radius 3 is 2.87 bits per heavy atom. The molecule has 0 aromatic carbocycles. The minimum absolute atomic E-state index is 0.350. The molecule has 3 rings (SSSR count). The number of aromatic nitrogens is 2. The Hall–Kier alpha value is -1.40. The number of rotatable bonds is 4. The van der Waals surface area contributed by atoms with Gasteiger partial charge < -0.3 is 10.4 Å². The molecule has 1 fully saturated rings. The van der Waals surface area contributed by atoms with Crippen molar-refractivity contribution >= 4 is 5.91 Å². The summed E-state index contributed by atoms with van der Waals surface area (Å²) in [6, 6.07) is 2.83. The van der Waals surface area contributed by atoms with E-state index in [1.165, 1.54) is 44.7 Å². The molecule has 0 bridgehead atoms. The summed E-state index contributed by atoms with van der Waals surface area (Å²) in [4.78, 5) is 14.1. The van der Waals surface area contributed by atoms with Crippen LogP contribution in [-0.2, 0) is 24.4 Å². The van der Waals surface area contributed by atoms with Crippen molar-refractivity contribution in [1.29, 1.82) is 0 Å². The highest BCUT2D eigenvalue weighted by molar-refractivity contribution is 5.79. The van der Waals surface area contributed by atoms with Crippen LogP contribution < -0.4 is 5.32 Å². The Morgan fingerprint density at radius 2 is 2.13 bits per heavy atom. The zero-order valence-electron chi connectivity index (χ0n) is 14.0. The summed E-state index contributed by atoms with van der Waals surface area (Å²) < 4.78 is 2.09. The number of fused-ring (bicyclic) bond motifs is 1. The van der Waals surface area contributed by atoms with Gasteiger partial charge in [-0.25, -0.2) is 0 Å². The van der Waals surface area contributed by atoms with Crippen molar-refractivity contribution in [3.8, 4) is 0 Å². The lowest BCUT2D eigenvalue weighted by molar-refractivity contribution is -0.128. The Labute approximate surface area is 137 Å². The van der Waals surface area contributed by atoms with Crippen molar-refractivity contribution < 1.29 is 9.90 Å². The standard InChI is InChI=1S/C17H28N4O2/c1-13(22)17(23)18-11-14-10-16-12-20(8-5-9-21(16)19-14)15-6-3-2-4-7-15/h10,13,15,22H,2-9,11-12H2,1H3,(H,18,23)/t13-/m1/s1. The third-order valence-electron chi connectivity index (χ3n) is 5.01. The second-order valence-electron chi connectivity index (χ2n) is 6.86. The zero-order chi connectivity index (χ0) is 16.2. The molecular formula is C17H28N4O2. The summed E-state index contributed by atoms with van der Waals surface area (Å²) in [6.07, 6.45) is 6.91. The SMILES string of the molecule is C[C@@H](O)C(=O)NCc1cc2n(n1)CCCN(C1CCCCC1)C2. The lowest BCUT2D eigenvalue weighted by Gasteiger charge is -2.33. The van der Waals surface area contributed by atoms with Gasteiger partial charge in [-0.3, -0.25) is 14.4 Å². The van der Waals surface area contributed by atoms with Crippen LogP contribution in [0.15, 0.2) is 6.07 Å². The maximum atomic E-state index is 11.5. The van der Waals surface area contributed by atoms with E-state index < -0.39 is 6.10 Å². The second-order valence-corrected chi connectivity index (χ2v) is 6.86. The predicted molar refractivity (Wildman–Crippen MR) is 87.7 cm³/mol. The van der Waals surface area contributed by atoms with Crippen LogP contribution >= 0.6 is 0 Å². The summed E-state index contributed by atoms with van der Waals surface area (Å²) >= 11 is 0. The van der Waals surface area contributed by atoms with Gasteiger partial charge in [0.05, 0.1) is 17.9 Å². The highest BCUT2D eigenvalue weighted by atomic mass is 16.3. The van der Waals surface area contributed by atoms with Crippen molar-refractivity contribution in [2.75, 3.05) is 6.54 Å². The first kappa shape index (κ1) is 16.5. The molecule has 0 saturated heterocycles. The average molecular weight is 320 g/mol. The Bertz CT molecular complexity index is 535. The fourth-order valence-electron chi connectivity index (χ4n) is 3.72. The van der Waals surface area contributed by atoms with Crippen LogP contribution in [0.4, 0.5) is 0 Å². The summed E-state index contributed by atoms with van der Waals surface area (Å²) in [5.74, 6) is -0.350. The third-order valence-corrected chi connectivity index (χ3v) is 5.01. The predicted octanol–water partition coefficient (Wildman–Crippen LogP) is 1.42. The van der Waals surface area contributed by atoms with Gasteiger partial charge in [-0.2, -0.15) is 5.10 Å². The molecule has 0 unspecified atom stereocenters. The quantitative estimate of drug-likeness (QED) is 0.880. The number of aliphatic hydroxyl groups excluding tert-OH is 1. The number of aryl methyl sites for hydroxylation is 1. The van der Waals surface area contributed by atoms with Gasteiger partial charge in [0.25, 0.3) is 0 Å². The summed E-state index contributed by atoms with van der Waals surface area (Å²) in [5, 5.41) is 16.6. The molecule has 2 N–H and O–H groups in total. The molecule has 2 aliphatic rings. The first-order valence-electron chi connectivity index (χ1n) is 8.89. The van der Waals surface area contributed by atoms with E-state index in [4.69, 9.17) is 0 Å². The summed E-state index contributed by atoms with van der Waals surface area (Å²) in [5.41, 5.74) is 2.12. The van der Waals surface area contributed by atoms with E-state index in [1.54, 1.807) is 0 Å². The highest BCUT2D eigenvalue weighted by Crippen LogP contribution is 2.25. The Morgan fingerprint density at radius 1 is 1.35 bits per heavy atom. The molecule has 23 heavy (non-hydrogen) atoms. The number of amides is 1. The van der Waals surface area contributed by atoms with Gasteiger partial charge in [0, 0.05) is 25.7 Å². The molecule has 1 saturated carbocycles. The number of hydrogen-bond donors (Lipinski definition) is 2. The second kappa shape index (κ2) is 7.45. The third kappa shape index (κ3) is 4.12. The smallest absolute Gasteiger partial charge is 0.248 e. The van der Waals surface area contributed by atoms with Gasteiger partial charge in [0.2, 0.25) is 5.91 Å². The van der Waals surface area contributed by atoms with Gasteiger partial charge in [0.1, 0.15) is 6.10 Å².